The molecule has 2 N–H and O–H groups in total. The van der Waals surface area contributed by atoms with Gasteiger partial charge < -0.3 is 5.73 Å². The van der Waals surface area contributed by atoms with Crippen molar-refractivity contribution in [2.24, 2.45) is 11.7 Å². The summed E-state index contributed by atoms with van der Waals surface area (Å²) in [6, 6.07) is 7.96. The van der Waals surface area contributed by atoms with Gasteiger partial charge in [0.2, 0.25) is 0 Å². The molecule has 84 valence electrons. The second-order valence-electron chi connectivity index (χ2n) is 4.55. The van der Waals surface area contributed by atoms with Gasteiger partial charge in [0.15, 0.2) is 0 Å². The lowest BCUT2D eigenvalue weighted by molar-refractivity contribution is 0.296. The van der Waals surface area contributed by atoms with Crippen LogP contribution < -0.4 is 5.73 Å². The van der Waals surface area contributed by atoms with E-state index >= 15 is 0 Å². The molecule has 0 amide bonds. The van der Waals surface area contributed by atoms with Gasteiger partial charge >= 0.3 is 0 Å². The van der Waals surface area contributed by atoms with Crippen LogP contribution in [0, 0.1) is 5.92 Å². The highest BCUT2D eigenvalue weighted by molar-refractivity contribution is 6.30. The standard InChI is InChI=1S/C13H20ClN/c1-4-13(15,10(2)3)9-11-6-5-7-12(14)8-11/h5-8,10H,4,9,15H2,1-3H3. The molecule has 0 aromatic heterocycles. The predicted molar refractivity (Wildman–Crippen MR) is 67.2 cm³/mol. The van der Waals surface area contributed by atoms with Gasteiger partial charge in [0, 0.05) is 10.6 Å². The van der Waals surface area contributed by atoms with Gasteiger partial charge in [-0.25, -0.2) is 0 Å². The fourth-order valence-electron chi connectivity index (χ4n) is 1.76. The molecule has 0 aliphatic heterocycles. The van der Waals surface area contributed by atoms with Crippen LogP contribution in [0.15, 0.2) is 24.3 Å². The van der Waals surface area contributed by atoms with E-state index in [-0.39, 0.29) is 5.54 Å². The molecule has 0 spiro atoms. The summed E-state index contributed by atoms with van der Waals surface area (Å²) < 4.78 is 0. The third-order valence-electron chi connectivity index (χ3n) is 3.23. The summed E-state index contributed by atoms with van der Waals surface area (Å²) in [6.07, 6.45) is 1.87. The molecule has 0 aliphatic rings. The summed E-state index contributed by atoms with van der Waals surface area (Å²) >= 11 is 5.96. The molecule has 1 nitrogen and oxygen atoms in total. The summed E-state index contributed by atoms with van der Waals surface area (Å²) in [4.78, 5) is 0. The van der Waals surface area contributed by atoms with Crippen molar-refractivity contribution < 1.29 is 0 Å². The van der Waals surface area contributed by atoms with Crippen LogP contribution in [0.4, 0.5) is 0 Å². The number of benzene rings is 1. The highest BCUT2D eigenvalue weighted by Gasteiger charge is 2.26. The zero-order chi connectivity index (χ0) is 11.5. The molecule has 0 aliphatic carbocycles. The summed E-state index contributed by atoms with van der Waals surface area (Å²) in [6.45, 7) is 6.49. The molecule has 1 unspecified atom stereocenters. The number of hydrogen-bond donors (Lipinski definition) is 1. The first-order valence-corrected chi connectivity index (χ1v) is 5.89. The Balaban J connectivity index is 2.84. The number of hydrogen-bond acceptors (Lipinski definition) is 1. The first-order valence-electron chi connectivity index (χ1n) is 5.51. The van der Waals surface area contributed by atoms with Gasteiger partial charge in [0.05, 0.1) is 0 Å². The first kappa shape index (κ1) is 12.5. The molecular formula is C13H20ClN. The molecule has 1 aromatic carbocycles. The molecular weight excluding hydrogens is 206 g/mol. The minimum atomic E-state index is -0.120. The molecule has 1 rings (SSSR count). The average Bonchev–Trinajstić information content (AvgIpc) is 2.17. The van der Waals surface area contributed by atoms with Crippen LogP contribution in [-0.4, -0.2) is 5.54 Å². The maximum Gasteiger partial charge on any atom is 0.0408 e. The zero-order valence-electron chi connectivity index (χ0n) is 9.76. The Bertz CT molecular complexity index is 322. The van der Waals surface area contributed by atoms with Crippen LogP contribution in [0.2, 0.25) is 5.02 Å². The summed E-state index contributed by atoms with van der Waals surface area (Å²) in [5.41, 5.74) is 7.48. The van der Waals surface area contributed by atoms with E-state index in [2.05, 4.69) is 26.8 Å². The van der Waals surface area contributed by atoms with Gasteiger partial charge in [0.25, 0.3) is 0 Å². The fourth-order valence-corrected chi connectivity index (χ4v) is 1.98. The maximum atomic E-state index is 6.38. The zero-order valence-corrected chi connectivity index (χ0v) is 10.5. The second-order valence-corrected chi connectivity index (χ2v) is 4.98. The van der Waals surface area contributed by atoms with Crippen molar-refractivity contribution in [3.05, 3.63) is 34.9 Å². The van der Waals surface area contributed by atoms with E-state index in [0.717, 1.165) is 17.9 Å². The molecule has 0 radical (unpaired) electrons. The largest absolute Gasteiger partial charge is 0.325 e. The summed E-state index contributed by atoms with van der Waals surface area (Å²) in [5.74, 6) is 0.474. The first-order chi connectivity index (χ1) is 6.98. The maximum absolute atomic E-state index is 6.38. The lowest BCUT2D eigenvalue weighted by Gasteiger charge is -2.32. The molecule has 2 heteroatoms. The quantitative estimate of drug-likeness (QED) is 0.832. The Hall–Kier alpha value is -0.530. The van der Waals surface area contributed by atoms with Gasteiger partial charge in [0.1, 0.15) is 0 Å². The van der Waals surface area contributed by atoms with Gasteiger partial charge in [-0.1, -0.05) is 44.5 Å². The molecule has 0 bridgehead atoms. The van der Waals surface area contributed by atoms with Crippen molar-refractivity contribution in [1.82, 2.24) is 0 Å². The monoisotopic (exact) mass is 225 g/mol. The number of halogens is 1. The number of nitrogens with two attached hydrogens (primary N) is 1. The van der Waals surface area contributed by atoms with Crippen LogP contribution >= 0.6 is 11.6 Å². The van der Waals surface area contributed by atoms with Crippen molar-refractivity contribution in [1.29, 1.82) is 0 Å². The van der Waals surface area contributed by atoms with Crippen LogP contribution in [0.1, 0.15) is 32.8 Å². The topological polar surface area (TPSA) is 26.0 Å². The van der Waals surface area contributed by atoms with Crippen molar-refractivity contribution in [2.75, 3.05) is 0 Å². The molecule has 15 heavy (non-hydrogen) atoms. The van der Waals surface area contributed by atoms with E-state index < -0.39 is 0 Å². The van der Waals surface area contributed by atoms with Crippen LogP contribution in [-0.2, 0) is 6.42 Å². The van der Waals surface area contributed by atoms with E-state index in [1.54, 1.807) is 0 Å². The summed E-state index contributed by atoms with van der Waals surface area (Å²) in [5, 5.41) is 0.787. The highest BCUT2D eigenvalue weighted by Crippen LogP contribution is 2.24. The van der Waals surface area contributed by atoms with Crippen molar-refractivity contribution in [3.8, 4) is 0 Å². The third kappa shape index (κ3) is 3.22. The van der Waals surface area contributed by atoms with E-state index in [1.807, 2.05) is 18.2 Å². The molecule has 0 saturated heterocycles. The lowest BCUT2D eigenvalue weighted by Crippen LogP contribution is -2.46. The van der Waals surface area contributed by atoms with E-state index in [9.17, 15) is 0 Å². The Morgan fingerprint density at radius 1 is 1.40 bits per heavy atom. The van der Waals surface area contributed by atoms with E-state index in [1.165, 1.54) is 5.56 Å². The lowest BCUT2D eigenvalue weighted by atomic mass is 9.80. The van der Waals surface area contributed by atoms with Crippen molar-refractivity contribution >= 4 is 11.6 Å². The Morgan fingerprint density at radius 3 is 2.53 bits per heavy atom. The summed E-state index contributed by atoms with van der Waals surface area (Å²) in [7, 11) is 0. The minimum Gasteiger partial charge on any atom is -0.325 e. The Kier molecular flexibility index (Phi) is 4.18. The molecule has 0 heterocycles. The van der Waals surface area contributed by atoms with Crippen LogP contribution in [0.5, 0.6) is 0 Å². The average molecular weight is 226 g/mol. The van der Waals surface area contributed by atoms with Gasteiger partial charge in [-0.15, -0.1) is 0 Å². The van der Waals surface area contributed by atoms with Crippen molar-refractivity contribution in [3.63, 3.8) is 0 Å². The molecule has 0 saturated carbocycles. The van der Waals surface area contributed by atoms with Gasteiger partial charge in [-0.05, 0) is 36.5 Å². The van der Waals surface area contributed by atoms with Crippen LogP contribution in [0.3, 0.4) is 0 Å². The normalized spacial score (nSPS) is 15.3. The van der Waals surface area contributed by atoms with Gasteiger partial charge in [-0.3, -0.25) is 0 Å². The van der Waals surface area contributed by atoms with E-state index in [4.69, 9.17) is 17.3 Å². The molecule has 1 aromatic rings. The molecule has 1 atom stereocenters. The van der Waals surface area contributed by atoms with Crippen molar-refractivity contribution in [2.45, 2.75) is 39.2 Å². The Morgan fingerprint density at radius 2 is 2.07 bits per heavy atom. The third-order valence-corrected chi connectivity index (χ3v) is 3.47. The smallest absolute Gasteiger partial charge is 0.0408 e. The number of rotatable bonds is 4. The predicted octanol–water partition coefficient (Wildman–Crippen LogP) is 3.65. The minimum absolute atomic E-state index is 0.120. The Labute approximate surface area is 97.6 Å². The highest BCUT2D eigenvalue weighted by atomic mass is 35.5. The SMILES string of the molecule is CCC(N)(Cc1cccc(Cl)c1)C(C)C. The van der Waals surface area contributed by atoms with E-state index in [0.29, 0.717) is 5.92 Å². The molecule has 0 fully saturated rings. The van der Waals surface area contributed by atoms with Gasteiger partial charge in [-0.2, -0.15) is 0 Å². The fraction of sp³-hybridized carbons (Fsp3) is 0.538. The van der Waals surface area contributed by atoms with Crippen LogP contribution in [0.25, 0.3) is 0 Å². The second kappa shape index (κ2) is 5.00.